The van der Waals surface area contributed by atoms with Crippen LogP contribution in [0.1, 0.15) is 25.5 Å². The minimum absolute atomic E-state index is 0.185. The van der Waals surface area contributed by atoms with Gasteiger partial charge in [-0.15, -0.1) is 0 Å². The molecule has 2 rings (SSSR count). The van der Waals surface area contributed by atoms with Crippen LogP contribution in [0.3, 0.4) is 0 Å². The number of benzene rings is 1. The molecular weight excluding hydrogens is 296 g/mol. The third-order valence-corrected chi connectivity index (χ3v) is 3.46. The van der Waals surface area contributed by atoms with E-state index in [4.69, 9.17) is 9.47 Å². The maximum absolute atomic E-state index is 12.4. The van der Waals surface area contributed by atoms with Crippen LogP contribution in [0, 0.1) is 0 Å². The van der Waals surface area contributed by atoms with Crippen LogP contribution in [0.2, 0.25) is 0 Å². The largest absolute Gasteiger partial charge is 0.497 e. The van der Waals surface area contributed by atoms with E-state index in [1.807, 2.05) is 13.0 Å². The number of methoxy groups -OCH3 is 1. The molecule has 122 valence electrons. The van der Waals surface area contributed by atoms with Crippen molar-refractivity contribution in [3.63, 3.8) is 0 Å². The summed E-state index contributed by atoms with van der Waals surface area (Å²) in [7, 11) is 1.56. The van der Waals surface area contributed by atoms with Crippen molar-refractivity contribution in [3.05, 3.63) is 53.3 Å². The second-order valence-electron chi connectivity index (χ2n) is 5.01. The molecule has 1 heterocycles. The molecule has 0 radical (unpaired) electrons. The van der Waals surface area contributed by atoms with E-state index >= 15 is 0 Å². The second kappa shape index (κ2) is 7.49. The lowest BCUT2D eigenvalue weighted by atomic mass is 9.95. The molecule has 2 amide bonds. The van der Waals surface area contributed by atoms with Crippen molar-refractivity contribution in [3.8, 4) is 5.75 Å². The Morgan fingerprint density at radius 3 is 2.87 bits per heavy atom. The standard InChI is InChI=1S/C17H20N2O4/c1-4-5-9-23-16(20)14-11(2)18-17(21)19-15(14)12-7-6-8-13(10-12)22-3/h4-8,10,15H,9H2,1-3H3,(H2,18,19,21)/b5-4-/t15-/m0/s1. The summed E-state index contributed by atoms with van der Waals surface area (Å²) in [6.07, 6.45) is 3.54. The number of hydrogen-bond acceptors (Lipinski definition) is 4. The Labute approximate surface area is 135 Å². The Morgan fingerprint density at radius 1 is 1.39 bits per heavy atom. The van der Waals surface area contributed by atoms with Gasteiger partial charge in [0.1, 0.15) is 12.4 Å². The molecule has 23 heavy (non-hydrogen) atoms. The lowest BCUT2D eigenvalue weighted by Crippen LogP contribution is -2.45. The van der Waals surface area contributed by atoms with E-state index in [9.17, 15) is 9.59 Å². The summed E-state index contributed by atoms with van der Waals surface area (Å²) in [5.41, 5.74) is 1.60. The van der Waals surface area contributed by atoms with E-state index in [2.05, 4.69) is 10.6 Å². The van der Waals surface area contributed by atoms with Crippen LogP contribution in [-0.4, -0.2) is 25.7 Å². The molecule has 0 unspecified atom stereocenters. The van der Waals surface area contributed by atoms with Crippen molar-refractivity contribution in [2.45, 2.75) is 19.9 Å². The molecule has 1 aromatic carbocycles. The lowest BCUT2D eigenvalue weighted by molar-refractivity contribution is -0.138. The number of urea groups is 1. The third-order valence-electron chi connectivity index (χ3n) is 3.46. The maximum Gasteiger partial charge on any atom is 0.338 e. The molecule has 0 aromatic heterocycles. The zero-order valence-corrected chi connectivity index (χ0v) is 13.4. The molecule has 6 heteroatoms. The van der Waals surface area contributed by atoms with Crippen LogP contribution in [0.4, 0.5) is 4.79 Å². The third kappa shape index (κ3) is 3.91. The number of carbonyl (C=O) groups is 2. The normalized spacial score (nSPS) is 17.7. The van der Waals surface area contributed by atoms with E-state index in [1.54, 1.807) is 44.4 Å². The molecule has 1 atom stereocenters. The van der Waals surface area contributed by atoms with Crippen molar-refractivity contribution in [1.82, 2.24) is 10.6 Å². The van der Waals surface area contributed by atoms with Crippen molar-refractivity contribution in [2.24, 2.45) is 0 Å². The van der Waals surface area contributed by atoms with Gasteiger partial charge in [-0.25, -0.2) is 9.59 Å². The average molecular weight is 316 g/mol. The fourth-order valence-electron chi connectivity index (χ4n) is 2.33. The quantitative estimate of drug-likeness (QED) is 0.646. The van der Waals surface area contributed by atoms with Crippen molar-refractivity contribution >= 4 is 12.0 Å². The van der Waals surface area contributed by atoms with Gasteiger partial charge in [-0.1, -0.05) is 24.3 Å². The summed E-state index contributed by atoms with van der Waals surface area (Å²) in [5, 5.41) is 5.36. The monoisotopic (exact) mass is 316 g/mol. The van der Waals surface area contributed by atoms with Gasteiger partial charge in [0, 0.05) is 5.70 Å². The molecule has 0 fully saturated rings. The smallest absolute Gasteiger partial charge is 0.338 e. The van der Waals surface area contributed by atoms with E-state index in [0.717, 1.165) is 5.56 Å². The fraction of sp³-hybridized carbons (Fsp3) is 0.294. The van der Waals surface area contributed by atoms with Crippen LogP contribution in [0.25, 0.3) is 0 Å². The number of hydrogen-bond donors (Lipinski definition) is 2. The first-order valence-electron chi connectivity index (χ1n) is 7.27. The zero-order chi connectivity index (χ0) is 16.8. The van der Waals surface area contributed by atoms with Crippen molar-refractivity contribution in [2.75, 3.05) is 13.7 Å². The molecular formula is C17H20N2O4. The molecule has 0 saturated heterocycles. The molecule has 2 N–H and O–H groups in total. The Bertz CT molecular complexity index is 664. The zero-order valence-electron chi connectivity index (χ0n) is 13.4. The van der Waals surface area contributed by atoms with Gasteiger partial charge in [0.15, 0.2) is 0 Å². The summed E-state index contributed by atoms with van der Waals surface area (Å²) < 4.78 is 10.4. The summed E-state index contributed by atoms with van der Waals surface area (Å²) >= 11 is 0. The highest BCUT2D eigenvalue weighted by atomic mass is 16.5. The number of amides is 2. The first-order valence-corrected chi connectivity index (χ1v) is 7.27. The van der Waals surface area contributed by atoms with E-state index in [1.165, 1.54) is 0 Å². The minimum atomic E-state index is -0.586. The van der Waals surface area contributed by atoms with Gasteiger partial charge in [-0.2, -0.15) is 0 Å². The second-order valence-corrected chi connectivity index (χ2v) is 5.01. The number of esters is 1. The van der Waals surface area contributed by atoms with E-state index < -0.39 is 12.0 Å². The Balaban J connectivity index is 2.35. The van der Waals surface area contributed by atoms with Crippen molar-refractivity contribution in [1.29, 1.82) is 0 Å². The van der Waals surface area contributed by atoms with Gasteiger partial charge < -0.3 is 20.1 Å². The molecule has 0 aliphatic carbocycles. The van der Waals surface area contributed by atoms with E-state index in [0.29, 0.717) is 17.0 Å². The number of carbonyl (C=O) groups excluding carboxylic acids is 2. The molecule has 6 nitrogen and oxygen atoms in total. The molecule has 1 aromatic rings. The number of rotatable bonds is 5. The van der Waals surface area contributed by atoms with Crippen LogP contribution in [0.15, 0.2) is 47.7 Å². The first kappa shape index (κ1) is 16.6. The predicted molar refractivity (Wildman–Crippen MR) is 85.9 cm³/mol. The summed E-state index contributed by atoms with van der Waals surface area (Å²) in [6.45, 7) is 3.71. The first-order chi connectivity index (χ1) is 11.1. The minimum Gasteiger partial charge on any atom is -0.497 e. The van der Waals surface area contributed by atoms with Gasteiger partial charge in [-0.3, -0.25) is 0 Å². The molecule has 0 saturated carbocycles. The number of ether oxygens (including phenoxy) is 2. The van der Waals surface area contributed by atoms with Crippen LogP contribution >= 0.6 is 0 Å². The summed E-state index contributed by atoms with van der Waals surface area (Å²) in [4.78, 5) is 24.2. The van der Waals surface area contributed by atoms with Gasteiger partial charge >= 0.3 is 12.0 Å². The summed E-state index contributed by atoms with van der Waals surface area (Å²) in [6, 6.07) is 6.26. The molecule has 1 aliphatic rings. The Morgan fingerprint density at radius 2 is 2.17 bits per heavy atom. The van der Waals surface area contributed by atoms with Gasteiger partial charge in [0.2, 0.25) is 0 Å². The molecule has 0 bridgehead atoms. The van der Waals surface area contributed by atoms with Gasteiger partial charge in [-0.05, 0) is 31.5 Å². The number of nitrogens with one attached hydrogen (secondary N) is 2. The highest BCUT2D eigenvalue weighted by molar-refractivity contribution is 5.95. The molecule has 1 aliphatic heterocycles. The SMILES string of the molecule is C/C=C\COC(=O)C1=C(C)NC(=O)N[C@H]1c1cccc(OC)c1. The maximum atomic E-state index is 12.4. The van der Waals surface area contributed by atoms with Crippen molar-refractivity contribution < 1.29 is 19.1 Å². The Kier molecular flexibility index (Phi) is 5.41. The highest BCUT2D eigenvalue weighted by Crippen LogP contribution is 2.29. The fourth-order valence-corrected chi connectivity index (χ4v) is 2.33. The lowest BCUT2D eigenvalue weighted by Gasteiger charge is -2.28. The van der Waals surface area contributed by atoms with Crippen LogP contribution in [-0.2, 0) is 9.53 Å². The Hall–Kier alpha value is -2.76. The predicted octanol–water partition coefficient (Wildman–Crippen LogP) is 2.44. The topological polar surface area (TPSA) is 76.7 Å². The van der Waals surface area contributed by atoms with E-state index in [-0.39, 0.29) is 12.6 Å². The molecule has 0 spiro atoms. The number of allylic oxidation sites excluding steroid dienone is 2. The van der Waals surface area contributed by atoms with Gasteiger partial charge in [0.05, 0.1) is 18.7 Å². The van der Waals surface area contributed by atoms with Crippen LogP contribution in [0.5, 0.6) is 5.75 Å². The average Bonchev–Trinajstić information content (AvgIpc) is 2.54. The summed E-state index contributed by atoms with van der Waals surface area (Å²) in [5.74, 6) is 0.176. The highest BCUT2D eigenvalue weighted by Gasteiger charge is 2.32. The van der Waals surface area contributed by atoms with Gasteiger partial charge in [0.25, 0.3) is 0 Å². The van der Waals surface area contributed by atoms with Crippen LogP contribution < -0.4 is 15.4 Å².